The quantitative estimate of drug-likeness (QED) is 0.831. The molecule has 2 N–H and O–H groups in total. The predicted molar refractivity (Wildman–Crippen MR) is 76.5 cm³/mol. The van der Waals surface area contributed by atoms with Gasteiger partial charge in [-0.15, -0.1) is 0 Å². The van der Waals surface area contributed by atoms with Crippen LogP contribution >= 0.6 is 0 Å². The molecule has 2 aliphatic carbocycles. The maximum absolute atomic E-state index is 6.10. The first-order valence-corrected chi connectivity index (χ1v) is 8.24. The molecule has 3 fully saturated rings. The average Bonchev–Trinajstić information content (AvgIpc) is 2.98. The molecular formula is C16H30N2. The van der Waals surface area contributed by atoms with Crippen LogP contribution in [0.25, 0.3) is 0 Å². The molecular weight excluding hydrogens is 220 g/mol. The molecule has 0 aromatic rings. The van der Waals surface area contributed by atoms with Gasteiger partial charge in [-0.3, -0.25) is 0 Å². The fraction of sp³-hybridized carbons (Fsp3) is 1.00. The van der Waals surface area contributed by atoms with Crippen molar-refractivity contribution in [3.05, 3.63) is 0 Å². The zero-order valence-corrected chi connectivity index (χ0v) is 11.9. The largest absolute Gasteiger partial charge is 0.330 e. The zero-order chi connectivity index (χ0) is 12.4. The van der Waals surface area contributed by atoms with Crippen molar-refractivity contribution < 1.29 is 0 Å². The van der Waals surface area contributed by atoms with Crippen molar-refractivity contribution >= 4 is 0 Å². The number of nitrogens with two attached hydrogens (primary N) is 1. The maximum atomic E-state index is 6.10. The first-order chi connectivity index (χ1) is 8.81. The highest BCUT2D eigenvalue weighted by molar-refractivity contribution is 4.90. The van der Waals surface area contributed by atoms with Gasteiger partial charge < -0.3 is 10.6 Å². The monoisotopic (exact) mass is 250 g/mol. The van der Waals surface area contributed by atoms with E-state index in [-0.39, 0.29) is 0 Å². The highest BCUT2D eigenvalue weighted by atomic mass is 15.2. The molecule has 104 valence electrons. The van der Waals surface area contributed by atoms with Crippen LogP contribution in [0, 0.1) is 17.3 Å². The lowest BCUT2D eigenvalue weighted by atomic mass is 9.72. The average molecular weight is 250 g/mol. The van der Waals surface area contributed by atoms with Gasteiger partial charge in [0.15, 0.2) is 0 Å². The van der Waals surface area contributed by atoms with Crippen LogP contribution in [-0.2, 0) is 0 Å². The van der Waals surface area contributed by atoms with Gasteiger partial charge in [-0.25, -0.2) is 0 Å². The molecule has 0 bridgehead atoms. The molecule has 2 heteroatoms. The second-order valence-electron chi connectivity index (χ2n) is 7.23. The first-order valence-electron chi connectivity index (χ1n) is 8.24. The van der Waals surface area contributed by atoms with E-state index in [2.05, 4.69) is 4.90 Å². The molecule has 0 aromatic carbocycles. The van der Waals surface area contributed by atoms with E-state index in [4.69, 9.17) is 5.73 Å². The second-order valence-corrected chi connectivity index (χ2v) is 7.23. The minimum atomic E-state index is 0.510. The van der Waals surface area contributed by atoms with E-state index in [9.17, 15) is 0 Å². The SMILES string of the molecule is NCC1(CCN2CC3CCCC3C2)CCCCC1. The zero-order valence-electron chi connectivity index (χ0n) is 11.9. The Morgan fingerprint density at radius 1 is 0.944 bits per heavy atom. The van der Waals surface area contributed by atoms with Gasteiger partial charge >= 0.3 is 0 Å². The van der Waals surface area contributed by atoms with Gasteiger partial charge in [-0.2, -0.15) is 0 Å². The number of hydrogen-bond donors (Lipinski definition) is 1. The second kappa shape index (κ2) is 5.50. The van der Waals surface area contributed by atoms with Crippen LogP contribution in [0.2, 0.25) is 0 Å². The third-order valence-corrected chi connectivity index (χ3v) is 6.11. The van der Waals surface area contributed by atoms with E-state index in [0.717, 1.165) is 18.4 Å². The standard InChI is InChI=1S/C16H30N2/c17-13-16(7-2-1-3-8-16)9-10-18-11-14-5-4-6-15(14)12-18/h14-15H,1-13,17H2. The van der Waals surface area contributed by atoms with E-state index < -0.39 is 0 Å². The highest BCUT2D eigenvalue weighted by Gasteiger charge is 2.37. The van der Waals surface area contributed by atoms with Crippen LogP contribution < -0.4 is 5.73 Å². The van der Waals surface area contributed by atoms with Crippen LogP contribution in [0.3, 0.4) is 0 Å². The normalized spacial score (nSPS) is 35.8. The number of nitrogens with zero attached hydrogens (tertiary/aromatic N) is 1. The molecule has 0 aromatic heterocycles. The third-order valence-electron chi connectivity index (χ3n) is 6.11. The molecule has 1 heterocycles. The van der Waals surface area contributed by atoms with Gasteiger partial charge in [0, 0.05) is 13.1 Å². The molecule has 1 saturated heterocycles. The summed E-state index contributed by atoms with van der Waals surface area (Å²) in [6.07, 6.45) is 12.9. The predicted octanol–water partition coefficient (Wildman–Crippen LogP) is 3.02. The number of hydrogen-bond acceptors (Lipinski definition) is 2. The number of rotatable bonds is 4. The third kappa shape index (κ3) is 2.60. The Hall–Kier alpha value is -0.0800. The Labute approximate surface area is 112 Å². The Kier molecular flexibility index (Phi) is 3.95. The highest BCUT2D eigenvalue weighted by Crippen LogP contribution is 2.41. The van der Waals surface area contributed by atoms with Crippen molar-refractivity contribution in [2.75, 3.05) is 26.2 Å². The molecule has 0 radical (unpaired) electrons. The fourth-order valence-electron chi connectivity index (χ4n) is 4.77. The Bertz CT molecular complexity index is 258. The van der Waals surface area contributed by atoms with Crippen molar-refractivity contribution in [1.29, 1.82) is 0 Å². The lowest BCUT2D eigenvalue weighted by Gasteiger charge is -2.37. The van der Waals surface area contributed by atoms with Crippen LogP contribution in [-0.4, -0.2) is 31.1 Å². The van der Waals surface area contributed by atoms with Crippen LogP contribution in [0.5, 0.6) is 0 Å². The Morgan fingerprint density at radius 2 is 1.61 bits per heavy atom. The minimum absolute atomic E-state index is 0.510. The summed E-state index contributed by atoms with van der Waals surface area (Å²) in [7, 11) is 0. The summed E-state index contributed by atoms with van der Waals surface area (Å²) >= 11 is 0. The van der Waals surface area contributed by atoms with Crippen LogP contribution in [0.4, 0.5) is 0 Å². The van der Waals surface area contributed by atoms with Crippen molar-refractivity contribution in [2.45, 2.75) is 57.8 Å². The molecule has 18 heavy (non-hydrogen) atoms. The molecule has 0 amide bonds. The summed E-state index contributed by atoms with van der Waals surface area (Å²) in [5.41, 5.74) is 6.61. The van der Waals surface area contributed by atoms with E-state index in [1.54, 1.807) is 0 Å². The fourth-order valence-corrected chi connectivity index (χ4v) is 4.77. The molecule has 2 unspecified atom stereocenters. The van der Waals surface area contributed by atoms with E-state index >= 15 is 0 Å². The van der Waals surface area contributed by atoms with Crippen molar-refractivity contribution in [2.24, 2.45) is 23.0 Å². The minimum Gasteiger partial charge on any atom is -0.330 e. The summed E-state index contributed by atoms with van der Waals surface area (Å²) < 4.78 is 0. The topological polar surface area (TPSA) is 29.3 Å². The van der Waals surface area contributed by atoms with Crippen LogP contribution in [0.1, 0.15) is 57.8 Å². The van der Waals surface area contributed by atoms with E-state index in [1.807, 2.05) is 0 Å². The van der Waals surface area contributed by atoms with Crippen molar-refractivity contribution in [1.82, 2.24) is 4.90 Å². The number of likely N-dealkylation sites (tertiary alicyclic amines) is 1. The lowest BCUT2D eigenvalue weighted by Crippen LogP contribution is -2.37. The van der Waals surface area contributed by atoms with Gasteiger partial charge in [-0.1, -0.05) is 25.7 Å². The van der Waals surface area contributed by atoms with Gasteiger partial charge in [0.25, 0.3) is 0 Å². The molecule has 0 spiro atoms. The first kappa shape index (κ1) is 12.9. The Morgan fingerprint density at radius 3 is 2.22 bits per heavy atom. The van der Waals surface area contributed by atoms with Crippen molar-refractivity contribution in [3.8, 4) is 0 Å². The van der Waals surface area contributed by atoms with E-state index in [1.165, 1.54) is 77.4 Å². The van der Waals surface area contributed by atoms with Gasteiger partial charge in [0.1, 0.15) is 0 Å². The van der Waals surface area contributed by atoms with Gasteiger partial charge in [0.05, 0.1) is 0 Å². The summed E-state index contributed by atoms with van der Waals surface area (Å²) in [4.78, 5) is 2.75. The summed E-state index contributed by atoms with van der Waals surface area (Å²) in [5.74, 6) is 2.09. The lowest BCUT2D eigenvalue weighted by molar-refractivity contribution is 0.153. The van der Waals surface area contributed by atoms with Gasteiger partial charge in [0.2, 0.25) is 0 Å². The molecule has 2 nitrogen and oxygen atoms in total. The molecule has 2 saturated carbocycles. The summed E-state index contributed by atoms with van der Waals surface area (Å²) in [6.45, 7) is 5.04. The maximum Gasteiger partial charge on any atom is 0.00129 e. The summed E-state index contributed by atoms with van der Waals surface area (Å²) in [5, 5.41) is 0. The van der Waals surface area contributed by atoms with Crippen molar-refractivity contribution in [3.63, 3.8) is 0 Å². The molecule has 3 aliphatic rings. The molecule has 1 aliphatic heterocycles. The molecule has 3 rings (SSSR count). The number of fused-ring (bicyclic) bond motifs is 1. The smallest absolute Gasteiger partial charge is 0.00129 e. The van der Waals surface area contributed by atoms with Crippen LogP contribution in [0.15, 0.2) is 0 Å². The molecule has 2 atom stereocenters. The summed E-state index contributed by atoms with van der Waals surface area (Å²) in [6, 6.07) is 0. The Balaban J connectivity index is 1.48. The van der Waals surface area contributed by atoms with E-state index in [0.29, 0.717) is 5.41 Å². The van der Waals surface area contributed by atoms with Gasteiger partial charge in [-0.05, 0) is 62.4 Å².